The molecular formula is C23H27N7O. The Balaban J connectivity index is 1.16. The number of hydrazine groups is 1. The summed E-state index contributed by atoms with van der Waals surface area (Å²) in [5.41, 5.74) is 14.6. The molecule has 0 radical (unpaired) electrons. The van der Waals surface area contributed by atoms with E-state index in [9.17, 15) is 4.79 Å². The van der Waals surface area contributed by atoms with Crippen molar-refractivity contribution in [3.63, 3.8) is 0 Å². The van der Waals surface area contributed by atoms with Gasteiger partial charge in [0.25, 0.3) is 0 Å². The molecule has 2 atom stereocenters. The van der Waals surface area contributed by atoms with Gasteiger partial charge < -0.3 is 10.6 Å². The molecule has 5 rings (SSSR count). The Morgan fingerprint density at radius 2 is 1.71 bits per heavy atom. The van der Waals surface area contributed by atoms with Crippen LogP contribution in [0.4, 0.5) is 5.82 Å². The van der Waals surface area contributed by atoms with Crippen LogP contribution in [0.5, 0.6) is 0 Å². The molecule has 3 heterocycles. The van der Waals surface area contributed by atoms with Gasteiger partial charge in [0.15, 0.2) is 0 Å². The molecule has 2 aliphatic heterocycles. The van der Waals surface area contributed by atoms with Crippen LogP contribution in [0.1, 0.15) is 23.9 Å². The van der Waals surface area contributed by atoms with Gasteiger partial charge in [-0.15, -0.1) is 0 Å². The summed E-state index contributed by atoms with van der Waals surface area (Å²) in [7, 11) is 0. The Hall–Kier alpha value is -3.07. The first kappa shape index (κ1) is 19.9. The van der Waals surface area contributed by atoms with E-state index in [2.05, 4.69) is 37.9 Å². The summed E-state index contributed by atoms with van der Waals surface area (Å²) in [5, 5.41) is 0.883. The molecule has 2 aliphatic rings. The van der Waals surface area contributed by atoms with Crippen LogP contribution in [0.15, 0.2) is 54.6 Å². The van der Waals surface area contributed by atoms with Crippen LogP contribution in [-0.2, 0) is 11.3 Å². The van der Waals surface area contributed by atoms with Crippen molar-refractivity contribution in [3.05, 3.63) is 66.0 Å². The first-order valence-electron chi connectivity index (χ1n) is 10.8. The number of rotatable bonds is 4. The van der Waals surface area contributed by atoms with E-state index in [1.54, 1.807) is 0 Å². The van der Waals surface area contributed by atoms with Crippen molar-refractivity contribution in [2.45, 2.75) is 25.0 Å². The molecule has 1 aromatic heterocycles. The number of hydrogen-bond acceptors (Lipinski definition) is 7. The monoisotopic (exact) mass is 417 g/mol. The van der Waals surface area contributed by atoms with E-state index in [1.165, 1.54) is 5.56 Å². The van der Waals surface area contributed by atoms with Crippen molar-refractivity contribution >= 4 is 22.6 Å². The average molecular weight is 418 g/mol. The number of carbonyl (C=O) groups excluding carboxylic acids is 1. The molecule has 0 saturated carbocycles. The van der Waals surface area contributed by atoms with Gasteiger partial charge >= 0.3 is 0 Å². The van der Waals surface area contributed by atoms with Gasteiger partial charge in [0.1, 0.15) is 17.7 Å². The summed E-state index contributed by atoms with van der Waals surface area (Å²) in [6.45, 7) is 3.64. The number of amides is 1. The maximum absolute atomic E-state index is 13.0. The van der Waals surface area contributed by atoms with Gasteiger partial charge in [-0.3, -0.25) is 9.69 Å². The topological polar surface area (TPSA) is 99.4 Å². The van der Waals surface area contributed by atoms with Crippen molar-refractivity contribution < 1.29 is 4.79 Å². The average Bonchev–Trinajstić information content (AvgIpc) is 3.30. The maximum atomic E-state index is 13.0. The number of nitrogen functional groups attached to an aromatic ring is 1. The summed E-state index contributed by atoms with van der Waals surface area (Å²) < 4.78 is 0. The van der Waals surface area contributed by atoms with Crippen molar-refractivity contribution in [3.8, 4) is 0 Å². The zero-order valence-corrected chi connectivity index (χ0v) is 17.4. The van der Waals surface area contributed by atoms with E-state index >= 15 is 0 Å². The first-order chi connectivity index (χ1) is 15.2. The second-order valence-corrected chi connectivity index (χ2v) is 8.18. The second-order valence-electron chi connectivity index (χ2n) is 8.18. The lowest BCUT2D eigenvalue weighted by atomic mass is 10.0. The summed E-state index contributed by atoms with van der Waals surface area (Å²) in [4.78, 5) is 26.4. The van der Waals surface area contributed by atoms with Crippen molar-refractivity contribution in [1.82, 2.24) is 30.6 Å². The van der Waals surface area contributed by atoms with Gasteiger partial charge in [-0.1, -0.05) is 42.5 Å². The fourth-order valence-corrected chi connectivity index (χ4v) is 4.39. The quantitative estimate of drug-likeness (QED) is 0.591. The highest BCUT2D eigenvalue weighted by Gasteiger charge is 2.34. The van der Waals surface area contributed by atoms with Crippen molar-refractivity contribution in [2.75, 3.05) is 31.9 Å². The van der Waals surface area contributed by atoms with Gasteiger partial charge in [0.2, 0.25) is 5.91 Å². The molecule has 2 unspecified atom stereocenters. The predicted octanol–water partition coefficient (Wildman–Crippen LogP) is 1.46. The molecule has 0 aliphatic carbocycles. The number of piperazine rings is 1. The molecule has 0 spiro atoms. The predicted molar refractivity (Wildman–Crippen MR) is 120 cm³/mol. The number of anilines is 1. The highest BCUT2D eigenvalue weighted by atomic mass is 16.2. The fourth-order valence-electron chi connectivity index (χ4n) is 4.39. The van der Waals surface area contributed by atoms with E-state index in [0.717, 1.165) is 36.2 Å². The number of hydrogen-bond donors (Lipinski definition) is 3. The van der Waals surface area contributed by atoms with Gasteiger partial charge in [-0.2, -0.15) is 0 Å². The molecule has 2 fully saturated rings. The highest BCUT2D eigenvalue weighted by molar-refractivity contribution is 5.87. The molecule has 4 N–H and O–H groups in total. The molecule has 160 valence electrons. The summed E-state index contributed by atoms with van der Waals surface area (Å²) in [6.07, 6.45) is 0.757. The van der Waals surface area contributed by atoms with E-state index in [1.807, 2.05) is 47.4 Å². The van der Waals surface area contributed by atoms with E-state index < -0.39 is 0 Å². The van der Waals surface area contributed by atoms with Crippen molar-refractivity contribution in [1.29, 1.82) is 0 Å². The van der Waals surface area contributed by atoms with Gasteiger partial charge in [-0.25, -0.2) is 20.8 Å². The van der Waals surface area contributed by atoms with E-state index in [4.69, 9.17) is 5.73 Å². The number of nitrogens with one attached hydrogen (secondary N) is 2. The molecule has 8 nitrogen and oxygen atoms in total. The van der Waals surface area contributed by atoms with Crippen LogP contribution in [-0.4, -0.2) is 57.9 Å². The normalized spacial score (nSPS) is 22.1. The number of fused-ring (bicyclic) bond motifs is 1. The summed E-state index contributed by atoms with van der Waals surface area (Å²) >= 11 is 0. The lowest BCUT2D eigenvalue weighted by Gasteiger charge is -2.35. The van der Waals surface area contributed by atoms with Crippen LogP contribution >= 0.6 is 0 Å². The minimum absolute atomic E-state index is 0.159. The third-order valence-electron chi connectivity index (χ3n) is 6.13. The lowest BCUT2D eigenvalue weighted by Crippen LogP contribution is -2.53. The van der Waals surface area contributed by atoms with Crippen LogP contribution in [0.2, 0.25) is 0 Å². The number of para-hydroxylation sites is 1. The van der Waals surface area contributed by atoms with Crippen LogP contribution in [0.3, 0.4) is 0 Å². The number of carbonyl (C=O) groups is 1. The molecule has 2 saturated heterocycles. The Kier molecular flexibility index (Phi) is 5.50. The standard InChI is InChI=1S/C23H27N7O/c24-22-17-8-4-5-9-18(17)25-21(26-22)15-29-10-12-30(13-11-29)23(31)20-14-19(27-28-20)16-6-2-1-3-7-16/h1-9,19-20,27-28H,10-15H2,(H2,24,25,26). The highest BCUT2D eigenvalue weighted by Crippen LogP contribution is 2.23. The third-order valence-corrected chi connectivity index (χ3v) is 6.13. The van der Waals surface area contributed by atoms with E-state index in [0.29, 0.717) is 25.5 Å². The molecule has 8 heteroatoms. The summed E-state index contributed by atoms with van der Waals surface area (Å²) in [6, 6.07) is 18.0. The second kappa shape index (κ2) is 8.58. The van der Waals surface area contributed by atoms with Gasteiger partial charge in [0, 0.05) is 37.6 Å². The number of aromatic nitrogens is 2. The summed E-state index contributed by atoms with van der Waals surface area (Å²) in [5.74, 6) is 1.40. The molecular weight excluding hydrogens is 390 g/mol. The van der Waals surface area contributed by atoms with Crippen LogP contribution in [0, 0.1) is 0 Å². The maximum Gasteiger partial charge on any atom is 0.241 e. The number of benzene rings is 2. The fraction of sp³-hybridized carbons (Fsp3) is 0.348. The van der Waals surface area contributed by atoms with Gasteiger partial charge in [-0.05, 0) is 24.1 Å². The SMILES string of the molecule is Nc1nc(CN2CCN(C(=O)C3CC(c4ccccc4)NN3)CC2)nc2ccccc12. The third kappa shape index (κ3) is 4.23. The minimum atomic E-state index is -0.194. The van der Waals surface area contributed by atoms with E-state index in [-0.39, 0.29) is 18.0 Å². The van der Waals surface area contributed by atoms with Gasteiger partial charge in [0.05, 0.1) is 12.1 Å². The minimum Gasteiger partial charge on any atom is -0.383 e. The lowest BCUT2D eigenvalue weighted by molar-refractivity contribution is -0.135. The molecule has 2 aromatic carbocycles. The Morgan fingerprint density at radius 3 is 2.52 bits per heavy atom. The van der Waals surface area contributed by atoms with Crippen LogP contribution in [0.25, 0.3) is 10.9 Å². The molecule has 31 heavy (non-hydrogen) atoms. The Bertz CT molecular complexity index is 1070. The zero-order valence-electron chi connectivity index (χ0n) is 17.4. The first-order valence-corrected chi connectivity index (χ1v) is 10.8. The van der Waals surface area contributed by atoms with Crippen LogP contribution < -0.4 is 16.6 Å². The molecule has 3 aromatic rings. The number of nitrogens with two attached hydrogens (primary N) is 1. The smallest absolute Gasteiger partial charge is 0.241 e. The largest absolute Gasteiger partial charge is 0.383 e. The Labute approximate surface area is 181 Å². The zero-order chi connectivity index (χ0) is 21.2. The number of nitrogens with zero attached hydrogens (tertiary/aromatic N) is 4. The van der Waals surface area contributed by atoms with Crippen molar-refractivity contribution in [2.24, 2.45) is 0 Å². The molecule has 1 amide bonds. The Morgan fingerprint density at radius 1 is 0.968 bits per heavy atom. The molecule has 0 bridgehead atoms.